The minimum absolute atomic E-state index is 0.0530. The van der Waals surface area contributed by atoms with Crippen LogP contribution in [0.4, 0.5) is 5.69 Å². The largest absolute Gasteiger partial charge is 0.280 e. The third-order valence-electron chi connectivity index (χ3n) is 2.82. The van der Waals surface area contributed by atoms with Gasteiger partial charge in [-0.25, -0.2) is 0 Å². The molecule has 1 N–H and O–H groups in total. The fourth-order valence-corrected chi connectivity index (χ4v) is 2.24. The smallest absolute Gasteiger partial charge is 0.249 e. The summed E-state index contributed by atoms with van der Waals surface area (Å²) in [6.07, 6.45) is 5.85. The quantitative estimate of drug-likeness (QED) is 0.798. The monoisotopic (exact) mass is 291 g/mol. The van der Waals surface area contributed by atoms with Crippen molar-refractivity contribution in [3.8, 4) is 0 Å². The third-order valence-corrected chi connectivity index (χ3v) is 3.33. The summed E-state index contributed by atoms with van der Waals surface area (Å²) < 4.78 is 0. The van der Waals surface area contributed by atoms with E-state index < -0.39 is 0 Å². The first-order valence-corrected chi connectivity index (χ1v) is 6.42. The summed E-state index contributed by atoms with van der Waals surface area (Å²) >= 11 is 3.14. The maximum absolute atomic E-state index is 11.4. The number of halogens is 1. The number of benzene rings is 1. The van der Waals surface area contributed by atoms with E-state index in [1.54, 1.807) is 6.20 Å². The number of rotatable bonds is 2. The molecule has 3 rings (SSSR count). The van der Waals surface area contributed by atoms with Crippen molar-refractivity contribution in [3.05, 3.63) is 34.5 Å². The van der Waals surface area contributed by atoms with Crippen molar-refractivity contribution < 1.29 is 4.79 Å². The maximum Gasteiger partial charge on any atom is 0.249 e. The molecular weight excluding hydrogens is 282 g/mol. The number of nitrogens with one attached hydrogen (secondary N) is 1. The van der Waals surface area contributed by atoms with E-state index in [2.05, 4.69) is 32.4 Å². The van der Waals surface area contributed by atoms with Crippen molar-refractivity contribution in [3.63, 3.8) is 0 Å². The number of hydrazine groups is 1. The number of alkyl halides is 1. The molecule has 0 spiro atoms. The number of hydrogen-bond acceptors (Lipinski definition) is 3. The van der Waals surface area contributed by atoms with Crippen LogP contribution in [0, 0.1) is 0 Å². The molecule has 0 atom stereocenters. The van der Waals surface area contributed by atoms with Crippen molar-refractivity contribution in [2.75, 3.05) is 16.9 Å². The van der Waals surface area contributed by atoms with Crippen LogP contribution in [-0.2, 0) is 4.79 Å². The molecule has 0 fully saturated rings. The maximum atomic E-state index is 11.4. The summed E-state index contributed by atoms with van der Waals surface area (Å²) in [6.45, 7) is 0.693. The Labute approximate surface area is 106 Å². The normalized spacial score (nSPS) is 15.0. The van der Waals surface area contributed by atoms with Gasteiger partial charge >= 0.3 is 0 Å². The van der Waals surface area contributed by atoms with Crippen LogP contribution in [0.25, 0.3) is 12.2 Å². The number of carbonyl (C=O) groups excluding carboxylic acids is 1. The molecule has 1 aromatic rings. The van der Waals surface area contributed by atoms with E-state index in [0.717, 1.165) is 21.8 Å². The van der Waals surface area contributed by atoms with Gasteiger partial charge in [-0.1, -0.05) is 28.1 Å². The molecule has 86 valence electrons. The van der Waals surface area contributed by atoms with Crippen LogP contribution in [0.15, 0.2) is 23.3 Å². The Balaban J connectivity index is 2.05. The molecule has 5 heteroatoms. The highest BCUT2D eigenvalue weighted by Gasteiger charge is 2.19. The second kappa shape index (κ2) is 4.00. The lowest BCUT2D eigenvalue weighted by Gasteiger charge is -2.21. The van der Waals surface area contributed by atoms with Gasteiger partial charge in [0, 0.05) is 11.8 Å². The van der Waals surface area contributed by atoms with Crippen LogP contribution >= 0.6 is 15.9 Å². The van der Waals surface area contributed by atoms with E-state index in [0.29, 0.717) is 11.9 Å². The van der Waals surface area contributed by atoms with Crippen LogP contribution in [0.5, 0.6) is 0 Å². The summed E-state index contributed by atoms with van der Waals surface area (Å²) in [5.41, 5.74) is 4.97. The van der Waals surface area contributed by atoms with Gasteiger partial charge in [-0.3, -0.25) is 20.2 Å². The molecule has 0 saturated carbocycles. The second-order valence-electron chi connectivity index (χ2n) is 3.86. The van der Waals surface area contributed by atoms with Crippen molar-refractivity contribution in [1.29, 1.82) is 0 Å². The minimum Gasteiger partial charge on any atom is -0.280 e. The highest BCUT2D eigenvalue weighted by Crippen LogP contribution is 2.18. The van der Waals surface area contributed by atoms with Gasteiger partial charge in [-0.05, 0) is 17.4 Å². The minimum atomic E-state index is -0.0530. The van der Waals surface area contributed by atoms with Gasteiger partial charge in [0.25, 0.3) is 0 Å². The first-order chi connectivity index (χ1) is 8.29. The van der Waals surface area contributed by atoms with Crippen LogP contribution in [0.3, 0.4) is 0 Å². The Kier molecular flexibility index (Phi) is 2.48. The van der Waals surface area contributed by atoms with Gasteiger partial charge < -0.3 is 0 Å². The zero-order chi connectivity index (χ0) is 11.8. The molecule has 0 aromatic heterocycles. The van der Waals surface area contributed by atoms with Gasteiger partial charge in [0.2, 0.25) is 5.91 Å². The van der Waals surface area contributed by atoms with E-state index in [1.807, 2.05) is 23.2 Å². The molecule has 0 bridgehead atoms. The first kappa shape index (κ1) is 10.5. The van der Waals surface area contributed by atoms with Gasteiger partial charge in [-0.2, -0.15) is 0 Å². The molecule has 4 nitrogen and oxygen atoms in total. The summed E-state index contributed by atoms with van der Waals surface area (Å²) in [6, 6.07) is 4.03. The van der Waals surface area contributed by atoms with Gasteiger partial charge in [0.05, 0.1) is 22.9 Å². The van der Waals surface area contributed by atoms with Crippen molar-refractivity contribution >= 4 is 39.7 Å². The van der Waals surface area contributed by atoms with E-state index >= 15 is 0 Å². The third kappa shape index (κ3) is 1.67. The predicted molar refractivity (Wildman–Crippen MR) is 70.0 cm³/mol. The lowest BCUT2D eigenvalue weighted by atomic mass is 10.1. The van der Waals surface area contributed by atoms with E-state index in [1.165, 1.54) is 0 Å². The zero-order valence-corrected chi connectivity index (χ0v) is 10.6. The average molecular weight is 292 g/mol. The summed E-state index contributed by atoms with van der Waals surface area (Å²) in [4.78, 5) is 15.7. The summed E-state index contributed by atoms with van der Waals surface area (Å²) in [5.74, 6) is -0.0530. The number of fused-ring (bicyclic) bond motifs is 3. The van der Waals surface area contributed by atoms with E-state index in [9.17, 15) is 4.79 Å². The average Bonchev–Trinajstić information content (AvgIpc) is 2.94. The molecule has 2 heterocycles. The first-order valence-electron chi connectivity index (χ1n) is 5.30. The summed E-state index contributed by atoms with van der Waals surface area (Å²) in [5, 5.41) is 4.26. The Morgan fingerprint density at radius 3 is 3.24 bits per heavy atom. The molecule has 17 heavy (non-hydrogen) atoms. The Hall–Kier alpha value is -1.62. The van der Waals surface area contributed by atoms with E-state index in [4.69, 9.17) is 0 Å². The molecule has 2 aliphatic rings. The molecule has 0 aliphatic carbocycles. The Morgan fingerprint density at radius 1 is 1.53 bits per heavy atom. The predicted octanol–water partition coefficient (Wildman–Crippen LogP) is 0.317. The molecule has 1 amide bonds. The number of anilines is 1. The Bertz CT molecular complexity index is 636. The number of carbonyl (C=O) groups is 1. The van der Waals surface area contributed by atoms with Gasteiger partial charge in [0.15, 0.2) is 0 Å². The Morgan fingerprint density at radius 2 is 2.41 bits per heavy atom. The standard InChI is InChI=1S/C12H10BrN3O/c13-7-11(17)15-16-6-4-8-1-2-10-9(12(8)16)3-5-14-10/h1-5H,6-7H2,(H,15,17). The van der Waals surface area contributed by atoms with E-state index in [-0.39, 0.29) is 5.91 Å². The van der Waals surface area contributed by atoms with Gasteiger partial charge in [-0.15, -0.1) is 0 Å². The lowest BCUT2D eigenvalue weighted by Crippen LogP contribution is -2.43. The van der Waals surface area contributed by atoms with Crippen LogP contribution < -0.4 is 21.0 Å². The van der Waals surface area contributed by atoms with Crippen molar-refractivity contribution in [1.82, 2.24) is 5.43 Å². The van der Waals surface area contributed by atoms with Crippen LogP contribution in [-0.4, -0.2) is 17.8 Å². The van der Waals surface area contributed by atoms with Crippen LogP contribution in [0.1, 0.15) is 5.56 Å². The fourth-order valence-electron chi connectivity index (χ4n) is 2.11. The topological polar surface area (TPSA) is 44.7 Å². The van der Waals surface area contributed by atoms with Gasteiger partial charge in [0.1, 0.15) is 0 Å². The second-order valence-corrected chi connectivity index (χ2v) is 4.43. The highest BCUT2D eigenvalue weighted by atomic mass is 79.9. The zero-order valence-electron chi connectivity index (χ0n) is 8.98. The van der Waals surface area contributed by atoms with Crippen LogP contribution in [0.2, 0.25) is 0 Å². The SMILES string of the molecule is O=C(CBr)NN1CC=c2ccc3c(c21)C=CN=3. The molecule has 0 unspecified atom stereocenters. The molecule has 1 aromatic carbocycles. The summed E-state index contributed by atoms with van der Waals surface area (Å²) in [7, 11) is 0. The molecule has 0 radical (unpaired) electrons. The van der Waals surface area contributed by atoms with Crippen molar-refractivity contribution in [2.45, 2.75) is 0 Å². The molecule has 2 aliphatic heterocycles. The number of hydrogen-bond donors (Lipinski definition) is 1. The number of nitrogens with zero attached hydrogens (tertiary/aromatic N) is 2. The lowest BCUT2D eigenvalue weighted by molar-refractivity contribution is -0.118. The molecule has 0 saturated heterocycles. The molecular formula is C12H10BrN3O. The van der Waals surface area contributed by atoms with Crippen molar-refractivity contribution in [2.24, 2.45) is 4.99 Å². The number of amides is 1. The highest BCUT2D eigenvalue weighted by molar-refractivity contribution is 9.09. The fraction of sp³-hybridized carbons (Fsp3) is 0.167.